The molecule has 232 valence electrons. The zero-order valence-electron chi connectivity index (χ0n) is 25.4. The van der Waals surface area contributed by atoms with Gasteiger partial charge in [0.2, 0.25) is 5.91 Å². The molecule has 11 heteroatoms. The first kappa shape index (κ1) is 29.8. The van der Waals surface area contributed by atoms with Gasteiger partial charge in [-0.05, 0) is 62.6 Å². The molecule has 2 aromatic heterocycles. The lowest BCUT2D eigenvalue weighted by Crippen LogP contribution is -2.32. The summed E-state index contributed by atoms with van der Waals surface area (Å²) in [7, 11) is 3.34. The highest BCUT2D eigenvalue weighted by Crippen LogP contribution is 2.38. The van der Waals surface area contributed by atoms with Crippen molar-refractivity contribution in [3.05, 3.63) is 55.0 Å². The molecule has 1 saturated carbocycles. The minimum atomic E-state index is -0.334. The van der Waals surface area contributed by atoms with Crippen molar-refractivity contribution in [1.82, 2.24) is 25.2 Å². The van der Waals surface area contributed by atoms with Crippen molar-refractivity contribution in [3.8, 4) is 22.8 Å². The lowest BCUT2D eigenvalue weighted by Gasteiger charge is -2.26. The molecule has 1 saturated heterocycles. The number of hydroxylamine groups is 1. The number of ether oxygens (including phenoxy) is 3. The van der Waals surface area contributed by atoms with Crippen LogP contribution in [-0.4, -0.2) is 59.3 Å². The van der Waals surface area contributed by atoms with E-state index < -0.39 is 0 Å². The van der Waals surface area contributed by atoms with E-state index in [-0.39, 0.29) is 12.2 Å². The molecule has 2 aromatic carbocycles. The third-order valence-electron chi connectivity index (χ3n) is 8.04. The predicted molar refractivity (Wildman–Crippen MR) is 167 cm³/mol. The van der Waals surface area contributed by atoms with Crippen LogP contribution in [0.3, 0.4) is 0 Å². The lowest BCUT2D eigenvalue weighted by atomic mass is 10.1. The first-order chi connectivity index (χ1) is 21.6. The standard InChI is InChI=1S/C33H40N6O5/c1-41-27-15-26(16-28(18-27)42-2)39(21-23-9-10-23)25-11-12-29-30(17-25)36-31(20-34-29)24-19-35-38(22-24)13-5-3-7-32(40)37-44-33-8-4-6-14-43-33/h11-12,15-20,22-23,33H,3-10,13-14,21H2,1-2H3,(H,37,40). The molecule has 1 aliphatic heterocycles. The van der Waals surface area contributed by atoms with E-state index in [1.165, 1.54) is 12.8 Å². The minimum Gasteiger partial charge on any atom is -0.497 e. The number of hydrogen-bond donors (Lipinski definition) is 1. The maximum Gasteiger partial charge on any atom is 0.243 e. The summed E-state index contributed by atoms with van der Waals surface area (Å²) in [4.78, 5) is 29.4. The number of unbranched alkanes of at least 4 members (excludes halogenated alkanes) is 1. The van der Waals surface area contributed by atoms with E-state index in [0.29, 0.717) is 25.5 Å². The van der Waals surface area contributed by atoms with Gasteiger partial charge in [0, 0.05) is 73.9 Å². The number of nitrogens with zero attached hydrogens (tertiary/aromatic N) is 5. The van der Waals surface area contributed by atoms with Crippen LogP contribution in [0, 0.1) is 5.92 Å². The zero-order valence-corrected chi connectivity index (χ0v) is 25.4. The Labute approximate surface area is 257 Å². The summed E-state index contributed by atoms with van der Waals surface area (Å²) in [6.07, 6.45) is 12.5. The first-order valence-corrected chi connectivity index (χ1v) is 15.4. The van der Waals surface area contributed by atoms with Crippen molar-refractivity contribution < 1.29 is 23.8 Å². The number of benzene rings is 2. The number of aryl methyl sites for hydroxylation is 1. The second-order valence-corrected chi connectivity index (χ2v) is 11.4. The highest BCUT2D eigenvalue weighted by Gasteiger charge is 2.26. The molecule has 0 bridgehead atoms. The fourth-order valence-electron chi connectivity index (χ4n) is 5.34. The van der Waals surface area contributed by atoms with Crippen LogP contribution in [0.1, 0.15) is 51.4 Å². The van der Waals surface area contributed by atoms with E-state index in [1.807, 2.05) is 41.3 Å². The Morgan fingerprint density at radius 2 is 1.84 bits per heavy atom. The topological polar surface area (TPSA) is 113 Å². The summed E-state index contributed by atoms with van der Waals surface area (Å²) in [5, 5.41) is 4.52. The van der Waals surface area contributed by atoms with Crippen LogP contribution in [0.15, 0.2) is 55.0 Å². The number of rotatable bonds is 14. The molecule has 4 aromatic rings. The van der Waals surface area contributed by atoms with Crippen LogP contribution < -0.4 is 19.9 Å². The predicted octanol–water partition coefficient (Wildman–Crippen LogP) is 5.80. The number of carbonyl (C=O) groups is 1. The monoisotopic (exact) mass is 600 g/mol. The number of fused-ring (bicyclic) bond motifs is 1. The van der Waals surface area contributed by atoms with Crippen LogP contribution in [0.2, 0.25) is 0 Å². The highest BCUT2D eigenvalue weighted by atomic mass is 16.8. The van der Waals surface area contributed by atoms with Crippen molar-refractivity contribution in [2.45, 2.75) is 64.2 Å². The lowest BCUT2D eigenvalue weighted by molar-refractivity contribution is -0.200. The molecule has 44 heavy (non-hydrogen) atoms. The largest absolute Gasteiger partial charge is 0.497 e. The van der Waals surface area contributed by atoms with Crippen LogP contribution in [0.25, 0.3) is 22.3 Å². The highest BCUT2D eigenvalue weighted by molar-refractivity contribution is 5.82. The van der Waals surface area contributed by atoms with E-state index in [1.54, 1.807) is 20.4 Å². The Kier molecular flexibility index (Phi) is 9.52. The molecule has 6 rings (SSSR count). The van der Waals surface area contributed by atoms with Gasteiger partial charge >= 0.3 is 0 Å². The van der Waals surface area contributed by atoms with Crippen molar-refractivity contribution in [1.29, 1.82) is 0 Å². The van der Waals surface area contributed by atoms with E-state index in [2.05, 4.69) is 27.6 Å². The summed E-state index contributed by atoms with van der Waals surface area (Å²) in [5.74, 6) is 2.03. The molecule has 1 unspecified atom stereocenters. The number of methoxy groups -OCH3 is 2. The second kappa shape index (κ2) is 14.0. The van der Waals surface area contributed by atoms with Gasteiger partial charge in [-0.15, -0.1) is 0 Å². The average Bonchev–Trinajstić information content (AvgIpc) is 3.78. The summed E-state index contributed by atoms with van der Waals surface area (Å²) >= 11 is 0. The molecule has 1 N–H and O–H groups in total. The minimum absolute atomic E-state index is 0.132. The van der Waals surface area contributed by atoms with Crippen molar-refractivity contribution in [3.63, 3.8) is 0 Å². The fraction of sp³-hybridized carbons (Fsp3) is 0.455. The summed E-state index contributed by atoms with van der Waals surface area (Å²) in [6, 6.07) is 12.2. The van der Waals surface area contributed by atoms with Gasteiger partial charge in [0.15, 0.2) is 6.29 Å². The first-order valence-electron chi connectivity index (χ1n) is 15.4. The number of aromatic nitrogens is 4. The average molecular weight is 601 g/mol. The van der Waals surface area contributed by atoms with Gasteiger partial charge in [-0.25, -0.2) is 15.3 Å². The van der Waals surface area contributed by atoms with Gasteiger partial charge in [-0.3, -0.25) is 14.5 Å². The number of hydrogen-bond acceptors (Lipinski definition) is 9. The zero-order chi connectivity index (χ0) is 30.3. The van der Waals surface area contributed by atoms with Gasteiger partial charge in [0.05, 0.1) is 43.3 Å². The Bertz CT molecular complexity index is 1540. The van der Waals surface area contributed by atoms with E-state index in [4.69, 9.17) is 29.0 Å². The maximum absolute atomic E-state index is 12.1. The fourth-order valence-corrected chi connectivity index (χ4v) is 5.34. The van der Waals surface area contributed by atoms with Gasteiger partial charge < -0.3 is 19.1 Å². The molecular formula is C33H40N6O5. The molecule has 0 radical (unpaired) electrons. The number of amides is 1. The quantitative estimate of drug-likeness (QED) is 0.142. The van der Waals surface area contributed by atoms with Gasteiger partial charge in [-0.1, -0.05) is 0 Å². The normalized spacial score (nSPS) is 16.5. The van der Waals surface area contributed by atoms with E-state index >= 15 is 0 Å². The summed E-state index contributed by atoms with van der Waals surface area (Å²) in [5.41, 5.74) is 7.88. The molecular weight excluding hydrogens is 560 g/mol. The molecule has 1 amide bonds. The Morgan fingerprint density at radius 1 is 1.00 bits per heavy atom. The molecule has 0 spiro atoms. The van der Waals surface area contributed by atoms with Gasteiger partial charge in [-0.2, -0.15) is 5.10 Å². The van der Waals surface area contributed by atoms with Crippen molar-refractivity contribution in [2.75, 3.05) is 32.3 Å². The number of carbonyl (C=O) groups excluding carboxylic acids is 1. The summed E-state index contributed by atoms with van der Waals surface area (Å²) in [6.45, 7) is 2.29. The Morgan fingerprint density at radius 3 is 2.59 bits per heavy atom. The molecule has 1 atom stereocenters. The van der Waals surface area contributed by atoms with E-state index in [0.717, 1.165) is 83.8 Å². The van der Waals surface area contributed by atoms with Crippen LogP contribution in [-0.2, 0) is 20.9 Å². The SMILES string of the molecule is COc1cc(OC)cc(N(CC2CC2)c2ccc3ncc(-c4cnn(CCCCC(=O)NOC5CCCCO5)c4)nc3c2)c1. The molecule has 11 nitrogen and oxygen atoms in total. The third-order valence-corrected chi connectivity index (χ3v) is 8.04. The van der Waals surface area contributed by atoms with Crippen molar-refractivity contribution >= 4 is 28.3 Å². The molecule has 3 heterocycles. The van der Waals surface area contributed by atoms with Crippen LogP contribution in [0.5, 0.6) is 11.5 Å². The Balaban J connectivity index is 1.10. The van der Waals surface area contributed by atoms with E-state index in [9.17, 15) is 4.79 Å². The van der Waals surface area contributed by atoms with Gasteiger partial charge in [0.1, 0.15) is 11.5 Å². The van der Waals surface area contributed by atoms with Crippen LogP contribution >= 0.6 is 0 Å². The molecule has 2 aliphatic rings. The smallest absolute Gasteiger partial charge is 0.243 e. The summed E-state index contributed by atoms with van der Waals surface area (Å²) < 4.78 is 18.5. The third kappa shape index (κ3) is 7.64. The Hall–Kier alpha value is -4.22. The number of anilines is 2. The molecule has 2 fully saturated rings. The number of nitrogens with one attached hydrogen (secondary N) is 1. The van der Waals surface area contributed by atoms with Crippen LogP contribution in [0.4, 0.5) is 11.4 Å². The maximum atomic E-state index is 12.1. The molecule has 1 aliphatic carbocycles. The van der Waals surface area contributed by atoms with Crippen molar-refractivity contribution in [2.24, 2.45) is 5.92 Å². The van der Waals surface area contributed by atoms with Gasteiger partial charge in [0.25, 0.3) is 0 Å². The second-order valence-electron chi connectivity index (χ2n) is 11.4.